The van der Waals surface area contributed by atoms with Crippen LogP contribution < -0.4 is 15.4 Å². The summed E-state index contributed by atoms with van der Waals surface area (Å²) in [5.41, 5.74) is -0.749. The number of benzene rings is 1. The van der Waals surface area contributed by atoms with Crippen molar-refractivity contribution in [3.8, 4) is 11.3 Å². The minimum atomic E-state index is -3.88. The number of carbonyl (C=O) groups excluding carboxylic acids is 4. The first kappa shape index (κ1) is 33.0. The number of allylic oxidation sites excluding steroid dienone is 1. The van der Waals surface area contributed by atoms with E-state index in [1.165, 1.54) is 22.3 Å². The lowest BCUT2D eigenvalue weighted by Crippen LogP contribution is -2.57. The summed E-state index contributed by atoms with van der Waals surface area (Å²) in [6.45, 7) is 0.189. The standard InChI is InChI=1S/C31H35F2N5O7S2/c32-22-11-8-18(12-23(22)33)25-16-46-30(35-25)34-24-7-5-3-1-2-4-6-19-14-31(19,29(42)37-47(43,44)21-9-10-21)36-27(40)26-13-20(45-17-39)15-38(26)28(24)41/h4,6,8,11-12,16-17,19-21,24,26H,1-3,5,7,9-10,13-15H2,(H,34,35)(H,36,40)(H,37,42)/b6-4-/t19-,20-,24+,26+,31-/m1/s1. The highest BCUT2D eigenvalue weighted by Crippen LogP contribution is 2.46. The van der Waals surface area contributed by atoms with Gasteiger partial charge < -0.3 is 20.3 Å². The highest BCUT2D eigenvalue weighted by molar-refractivity contribution is 7.91. The topological polar surface area (TPSA) is 164 Å². The van der Waals surface area contributed by atoms with Crippen LogP contribution in [-0.2, 0) is 33.9 Å². The van der Waals surface area contributed by atoms with E-state index < -0.39 is 74.3 Å². The van der Waals surface area contributed by atoms with Gasteiger partial charge in [0.15, 0.2) is 16.8 Å². The van der Waals surface area contributed by atoms with Crippen LogP contribution >= 0.6 is 11.3 Å². The molecule has 0 radical (unpaired) electrons. The zero-order chi connectivity index (χ0) is 33.3. The van der Waals surface area contributed by atoms with Crippen LogP contribution in [0.1, 0.15) is 57.8 Å². The molecule has 0 bridgehead atoms. The van der Waals surface area contributed by atoms with Gasteiger partial charge in [0.05, 0.1) is 17.5 Å². The zero-order valence-electron chi connectivity index (χ0n) is 25.3. The Morgan fingerprint density at radius 3 is 2.70 bits per heavy atom. The number of anilines is 1. The third-order valence-electron chi connectivity index (χ3n) is 9.11. The Morgan fingerprint density at radius 2 is 1.96 bits per heavy atom. The van der Waals surface area contributed by atoms with Gasteiger partial charge in [-0.2, -0.15) is 0 Å². The van der Waals surface area contributed by atoms with Crippen LogP contribution in [-0.4, -0.2) is 78.0 Å². The maximum absolute atomic E-state index is 14.2. The van der Waals surface area contributed by atoms with Gasteiger partial charge in [0.2, 0.25) is 21.8 Å². The quantitative estimate of drug-likeness (QED) is 0.279. The third kappa shape index (κ3) is 7.17. The van der Waals surface area contributed by atoms with Crippen LogP contribution in [0.2, 0.25) is 0 Å². The molecule has 3 N–H and O–H groups in total. The molecule has 2 aliphatic carbocycles. The monoisotopic (exact) mass is 691 g/mol. The van der Waals surface area contributed by atoms with Gasteiger partial charge in [0.1, 0.15) is 23.7 Å². The van der Waals surface area contributed by atoms with Crippen LogP contribution in [0.3, 0.4) is 0 Å². The molecule has 1 saturated heterocycles. The van der Waals surface area contributed by atoms with Gasteiger partial charge in [0, 0.05) is 23.3 Å². The molecule has 252 valence electrons. The summed E-state index contributed by atoms with van der Waals surface area (Å²) in [4.78, 5) is 58.5. The average Bonchev–Trinajstić information content (AvgIpc) is 3.91. The van der Waals surface area contributed by atoms with Gasteiger partial charge >= 0.3 is 0 Å². The molecule has 1 aromatic carbocycles. The first-order valence-electron chi connectivity index (χ1n) is 15.6. The fourth-order valence-corrected chi connectivity index (χ4v) is 8.35. The second kappa shape index (κ2) is 13.3. The van der Waals surface area contributed by atoms with Crippen LogP contribution in [0, 0.1) is 17.6 Å². The zero-order valence-corrected chi connectivity index (χ0v) is 27.0. The Labute approximate surface area is 274 Å². The van der Waals surface area contributed by atoms with Crippen LogP contribution in [0.5, 0.6) is 0 Å². The van der Waals surface area contributed by atoms with E-state index >= 15 is 0 Å². The average molecular weight is 692 g/mol. The summed E-state index contributed by atoms with van der Waals surface area (Å²) in [5.74, 6) is -4.33. The van der Waals surface area contributed by atoms with Crippen molar-refractivity contribution in [2.24, 2.45) is 5.92 Å². The number of carbonyl (C=O) groups is 4. The number of amides is 3. The fourth-order valence-electron chi connectivity index (χ4n) is 6.22. The molecule has 3 fully saturated rings. The number of hydrogen-bond acceptors (Lipinski definition) is 10. The molecular formula is C31H35F2N5O7S2. The molecule has 12 nitrogen and oxygen atoms in total. The Kier molecular flexibility index (Phi) is 9.34. The van der Waals surface area contributed by atoms with E-state index in [0.717, 1.165) is 25.0 Å². The summed E-state index contributed by atoms with van der Waals surface area (Å²) >= 11 is 1.18. The smallest absolute Gasteiger partial charge is 0.293 e. The molecule has 4 aliphatic rings. The second-order valence-corrected chi connectivity index (χ2v) is 15.3. The van der Waals surface area contributed by atoms with Crippen molar-refractivity contribution in [3.63, 3.8) is 0 Å². The molecule has 6 rings (SSSR count). The number of thiazole rings is 1. The molecule has 1 aromatic heterocycles. The van der Waals surface area contributed by atoms with E-state index in [2.05, 4.69) is 20.3 Å². The van der Waals surface area contributed by atoms with Gasteiger partial charge in [-0.15, -0.1) is 11.3 Å². The molecule has 2 aliphatic heterocycles. The van der Waals surface area contributed by atoms with E-state index in [9.17, 15) is 36.4 Å². The maximum Gasteiger partial charge on any atom is 0.293 e. The highest BCUT2D eigenvalue weighted by Gasteiger charge is 2.62. The predicted molar refractivity (Wildman–Crippen MR) is 167 cm³/mol. The Balaban J connectivity index is 1.25. The summed E-state index contributed by atoms with van der Waals surface area (Å²) < 4.78 is 59.9. The van der Waals surface area contributed by atoms with Crippen molar-refractivity contribution in [1.29, 1.82) is 0 Å². The Morgan fingerprint density at radius 1 is 1.15 bits per heavy atom. The van der Waals surface area contributed by atoms with Crippen LogP contribution in [0.25, 0.3) is 11.3 Å². The minimum absolute atomic E-state index is 0.0147. The lowest BCUT2D eigenvalue weighted by atomic mass is 10.1. The van der Waals surface area contributed by atoms with Crippen molar-refractivity contribution in [3.05, 3.63) is 47.4 Å². The number of rotatable bonds is 8. The SMILES string of the molecule is O=CO[C@@H]1C[C@H]2C(=O)N[C@]3(C(=O)NS(=O)(=O)C4CC4)C[C@H]3/C=C\CCCCC[C@H](Nc3nc(-c4ccc(F)c(F)c4)cs3)C(=O)N2C1. The second-order valence-electron chi connectivity index (χ2n) is 12.5. The van der Waals surface area contributed by atoms with Gasteiger partial charge in [-0.3, -0.25) is 23.9 Å². The summed E-state index contributed by atoms with van der Waals surface area (Å²) in [6, 6.07) is 1.51. The number of nitrogens with one attached hydrogen (secondary N) is 3. The first-order chi connectivity index (χ1) is 22.5. The largest absolute Gasteiger partial charge is 0.463 e. The fraction of sp³-hybridized carbons (Fsp3) is 0.516. The molecule has 16 heteroatoms. The van der Waals surface area contributed by atoms with Crippen molar-refractivity contribution in [2.45, 2.75) is 86.8 Å². The molecule has 3 heterocycles. The molecular weight excluding hydrogens is 656 g/mol. The Bertz CT molecular complexity index is 1700. The van der Waals surface area contributed by atoms with E-state index in [-0.39, 0.29) is 25.9 Å². The molecule has 47 heavy (non-hydrogen) atoms. The summed E-state index contributed by atoms with van der Waals surface area (Å²) in [7, 11) is -3.88. The van der Waals surface area contributed by atoms with E-state index in [1.54, 1.807) is 5.38 Å². The first-order valence-corrected chi connectivity index (χ1v) is 18.0. The number of ether oxygens (including phenoxy) is 1. The molecule has 5 atom stereocenters. The minimum Gasteiger partial charge on any atom is -0.463 e. The van der Waals surface area contributed by atoms with Crippen LogP contribution in [0.15, 0.2) is 35.7 Å². The Hall–Kier alpha value is -3.92. The number of fused-ring (bicyclic) bond motifs is 2. The molecule has 2 saturated carbocycles. The lowest BCUT2D eigenvalue weighted by Gasteiger charge is -2.29. The van der Waals surface area contributed by atoms with Gasteiger partial charge in [-0.1, -0.05) is 25.0 Å². The number of hydrogen-bond donors (Lipinski definition) is 3. The predicted octanol–water partition coefficient (Wildman–Crippen LogP) is 3.01. The molecule has 0 spiro atoms. The number of nitrogens with zero attached hydrogens (tertiary/aromatic N) is 2. The van der Waals surface area contributed by atoms with Crippen molar-refractivity contribution < 1.29 is 41.1 Å². The number of halogens is 2. The van der Waals surface area contributed by atoms with E-state index in [0.29, 0.717) is 48.5 Å². The van der Waals surface area contributed by atoms with Gasteiger partial charge in [-0.05, 0) is 56.7 Å². The van der Waals surface area contributed by atoms with Crippen molar-refractivity contribution in [2.75, 3.05) is 11.9 Å². The highest BCUT2D eigenvalue weighted by atomic mass is 32.2. The lowest BCUT2D eigenvalue weighted by molar-refractivity contribution is -0.140. The summed E-state index contributed by atoms with van der Waals surface area (Å²) in [6.07, 6.45) is 7.40. The van der Waals surface area contributed by atoms with Crippen molar-refractivity contribution in [1.82, 2.24) is 19.9 Å². The number of aromatic nitrogens is 1. The maximum atomic E-state index is 14.2. The van der Waals surface area contributed by atoms with E-state index in [4.69, 9.17) is 4.74 Å². The molecule has 2 aromatic rings. The summed E-state index contributed by atoms with van der Waals surface area (Å²) in [5, 5.41) is 7.31. The molecule has 3 amide bonds. The van der Waals surface area contributed by atoms with Gasteiger partial charge in [-0.25, -0.2) is 22.2 Å². The van der Waals surface area contributed by atoms with E-state index in [1.807, 2.05) is 12.2 Å². The van der Waals surface area contributed by atoms with Crippen LogP contribution in [0.4, 0.5) is 13.9 Å². The van der Waals surface area contributed by atoms with Crippen molar-refractivity contribution >= 4 is 50.7 Å². The number of sulfonamides is 1. The third-order valence-corrected chi connectivity index (χ3v) is 11.7. The van der Waals surface area contributed by atoms with Gasteiger partial charge in [0.25, 0.3) is 12.4 Å². The molecule has 0 unspecified atom stereocenters. The normalized spacial score (nSPS) is 28.9.